The third kappa shape index (κ3) is 3.00. The van der Waals surface area contributed by atoms with Crippen LogP contribution in [0.4, 0.5) is 5.69 Å². The molecule has 2 aromatic rings. The molecule has 2 heterocycles. The van der Waals surface area contributed by atoms with Crippen LogP contribution >= 0.6 is 38.9 Å². The van der Waals surface area contributed by atoms with E-state index < -0.39 is 0 Å². The summed E-state index contributed by atoms with van der Waals surface area (Å²) in [6.07, 6.45) is 1.72. The van der Waals surface area contributed by atoms with Crippen molar-refractivity contribution in [3.05, 3.63) is 43.8 Å². The van der Waals surface area contributed by atoms with E-state index in [4.69, 9.17) is 11.6 Å². The summed E-state index contributed by atoms with van der Waals surface area (Å²) in [5, 5.41) is 6.00. The van der Waals surface area contributed by atoms with Gasteiger partial charge in [0.2, 0.25) is 0 Å². The summed E-state index contributed by atoms with van der Waals surface area (Å²) in [6, 6.07) is 4.28. The molecule has 1 unspecified atom stereocenters. The number of nitrogens with one attached hydrogen (secondary N) is 1. The van der Waals surface area contributed by atoms with Crippen LogP contribution in [0.25, 0.3) is 0 Å². The topological polar surface area (TPSA) is 24.9 Å². The highest BCUT2D eigenvalue weighted by molar-refractivity contribution is 9.10. The molecule has 1 N–H and O–H groups in total. The molecule has 17 heavy (non-hydrogen) atoms. The van der Waals surface area contributed by atoms with Crippen LogP contribution in [0.2, 0.25) is 5.15 Å². The summed E-state index contributed by atoms with van der Waals surface area (Å²) in [5.74, 6) is 0. The zero-order chi connectivity index (χ0) is 12.4. The lowest BCUT2D eigenvalue weighted by molar-refractivity contribution is 0.902. The Morgan fingerprint density at radius 2 is 2.29 bits per heavy atom. The van der Waals surface area contributed by atoms with Gasteiger partial charge in [-0.25, -0.2) is 4.98 Å². The van der Waals surface area contributed by atoms with Gasteiger partial charge in [-0.05, 0) is 47.5 Å². The standard InChI is InChI=1S/C12H12BrClN2S/c1-7-3-4-15-12(14)11(7)16-8(2)10-5-9(13)6-17-10/h3-6,8,16H,1-2H3. The Morgan fingerprint density at radius 1 is 1.53 bits per heavy atom. The van der Waals surface area contributed by atoms with Crippen molar-refractivity contribution < 1.29 is 0 Å². The third-order valence-electron chi connectivity index (χ3n) is 2.49. The maximum absolute atomic E-state index is 6.09. The lowest BCUT2D eigenvalue weighted by atomic mass is 10.2. The van der Waals surface area contributed by atoms with Crippen molar-refractivity contribution in [3.63, 3.8) is 0 Å². The molecule has 1 atom stereocenters. The molecule has 0 aromatic carbocycles. The van der Waals surface area contributed by atoms with Gasteiger partial charge in [-0.1, -0.05) is 11.6 Å². The fourth-order valence-electron chi connectivity index (χ4n) is 1.54. The molecule has 0 radical (unpaired) electrons. The first kappa shape index (κ1) is 12.9. The van der Waals surface area contributed by atoms with E-state index in [1.165, 1.54) is 4.88 Å². The van der Waals surface area contributed by atoms with E-state index in [0.29, 0.717) is 5.15 Å². The van der Waals surface area contributed by atoms with E-state index >= 15 is 0 Å². The Kier molecular flexibility index (Phi) is 4.07. The van der Waals surface area contributed by atoms with Crippen LogP contribution in [0.3, 0.4) is 0 Å². The van der Waals surface area contributed by atoms with E-state index in [1.54, 1.807) is 17.5 Å². The SMILES string of the molecule is Cc1ccnc(Cl)c1NC(C)c1cc(Br)cs1. The first-order valence-corrected chi connectivity index (χ1v) is 7.24. The van der Waals surface area contributed by atoms with E-state index in [2.05, 4.69) is 44.6 Å². The number of rotatable bonds is 3. The smallest absolute Gasteiger partial charge is 0.152 e. The molecule has 90 valence electrons. The molecular weight excluding hydrogens is 320 g/mol. The first-order valence-electron chi connectivity index (χ1n) is 5.19. The average molecular weight is 332 g/mol. The number of pyridine rings is 1. The largest absolute Gasteiger partial charge is 0.375 e. The van der Waals surface area contributed by atoms with Gasteiger partial charge in [-0.15, -0.1) is 11.3 Å². The molecule has 2 rings (SSSR count). The summed E-state index contributed by atoms with van der Waals surface area (Å²) in [7, 11) is 0. The van der Waals surface area contributed by atoms with Crippen molar-refractivity contribution in [1.29, 1.82) is 0 Å². The summed E-state index contributed by atoms with van der Waals surface area (Å²) in [6.45, 7) is 4.13. The molecule has 0 saturated carbocycles. The number of aromatic nitrogens is 1. The minimum absolute atomic E-state index is 0.215. The summed E-state index contributed by atoms with van der Waals surface area (Å²) < 4.78 is 1.11. The van der Waals surface area contributed by atoms with Crippen molar-refractivity contribution in [2.75, 3.05) is 5.32 Å². The zero-order valence-electron chi connectivity index (χ0n) is 9.50. The molecule has 0 fully saturated rings. The van der Waals surface area contributed by atoms with Crippen LogP contribution in [0, 0.1) is 6.92 Å². The molecule has 2 aromatic heterocycles. The van der Waals surface area contributed by atoms with E-state index in [0.717, 1.165) is 15.7 Å². The van der Waals surface area contributed by atoms with Gasteiger partial charge in [-0.2, -0.15) is 0 Å². The van der Waals surface area contributed by atoms with Crippen LogP contribution in [-0.4, -0.2) is 4.98 Å². The van der Waals surface area contributed by atoms with Gasteiger partial charge in [0.15, 0.2) is 5.15 Å². The maximum atomic E-state index is 6.09. The first-order chi connectivity index (χ1) is 8.08. The van der Waals surface area contributed by atoms with Crippen LogP contribution in [0.5, 0.6) is 0 Å². The molecular formula is C12H12BrClN2S. The normalized spacial score (nSPS) is 12.5. The fourth-order valence-corrected chi connectivity index (χ4v) is 3.25. The predicted octanol–water partition coefficient (Wildman–Crippen LogP) is 5.04. The van der Waals surface area contributed by atoms with Crippen molar-refractivity contribution in [3.8, 4) is 0 Å². The Labute approximate surface area is 118 Å². The Balaban J connectivity index is 2.21. The van der Waals surface area contributed by atoms with Crippen LogP contribution in [0.1, 0.15) is 23.4 Å². The van der Waals surface area contributed by atoms with Gasteiger partial charge in [0.25, 0.3) is 0 Å². The highest BCUT2D eigenvalue weighted by Gasteiger charge is 2.11. The summed E-state index contributed by atoms with van der Waals surface area (Å²) in [5.41, 5.74) is 2.01. The molecule has 5 heteroatoms. The fraction of sp³-hybridized carbons (Fsp3) is 0.250. The molecule has 0 aliphatic heterocycles. The van der Waals surface area contributed by atoms with Crippen LogP contribution in [-0.2, 0) is 0 Å². The van der Waals surface area contributed by atoms with Gasteiger partial charge in [0, 0.05) is 20.9 Å². The molecule has 0 amide bonds. The second kappa shape index (κ2) is 5.38. The van der Waals surface area contributed by atoms with E-state index in [9.17, 15) is 0 Å². The second-order valence-corrected chi connectivity index (χ2v) is 6.04. The van der Waals surface area contributed by atoms with E-state index in [-0.39, 0.29) is 6.04 Å². The number of anilines is 1. The quantitative estimate of drug-likeness (QED) is 0.797. The predicted molar refractivity (Wildman–Crippen MR) is 78.0 cm³/mol. The highest BCUT2D eigenvalue weighted by Crippen LogP contribution is 2.31. The second-order valence-electron chi connectivity index (χ2n) is 3.83. The summed E-state index contributed by atoms with van der Waals surface area (Å²) in [4.78, 5) is 5.35. The molecule has 0 aliphatic rings. The van der Waals surface area contributed by atoms with Crippen molar-refractivity contribution in [2.45, 2.75) is 19.9 Å². The average Bonchev–Trinajstić information content (AvgIpc) is 2.70. The Bertz CT molecular complexity index is 507. The van der Waals surface area contributed by atoms with Gasteiger partial charge < -0.3 is 5.32 Å². The van der Waals surface area contributed by atoms with Gasteiger partial charge >= 0.3 is 0 Å². The minimum atomic E-state index is 0.215. The van der Waals surface area contributed by atoms with Crippen molar-refractivity contribution >= 4 is 44.6 Å². The minimum Gasteiger partial charge on any atom is -0.375 e. The van der Waals surface area contributed by atoms with Crippen LogP contribution < -0.4 is 5.32 Å². The number of hydrogen-bond acceptors (Lipinski definition) is 3. The highest BCUT2D eigenvalue weighted by atomic mass is 79.9. The number of thiophene rings is 1. The number of halogens is 2. The zero-order valence-corrected chi connectivity index (χ0v) is 12.7. The Hall–Kier alpha value is -0.580. The Morgan fingerprint density at radius 3 is 2.88 bits per heavy atom. The van der Waals surface area contributed by atoms with Crippen molar-refractivity contribution in [2.24, 2.45) is 0 Å². The van der Waals surface area contributed by atoms with Gasteiger partial charge in [0.05, 0.1) is 11.7 Å². The number of aryl methyl sites for hydroxylation is 1. The molecule has 0 spiro atoms. The molecule has 0 saturated heterocycles. The van der Waals surface area contributed by atoms with Crippen LogP contribution in [0.15, 0.2) is 28.2 Å². The molecule has 2 nitrogen and oxygen atoms in total. The lowest BCUT2D eigenvalue weighted by Gasteiger charge is -2.16. The monoisotopic (exact) mass is 330 g/mol. The summed E-state index contributed by atoms with van der Waals surface area (Å²) >= 11 is 11.3. The van der Waals surface area contributed by atoms with Gasteiger partial charge in [0.1, 0.15) is 0 Å². The van der Waals surface area contributed by atoms with E-state index in [1.807, 2.05) is 13.0 Å². The van der Waals surface area contributed by atoms with Gasteiger partial charge in [-0.3, -0.25) is 0 Å². The lowest BCUT2D eigenvalue weighted by Crippen LogP contribution is -2.07. The molecule has 0 aliphatic carbocycles. The maximum Gasteiger partial charge on any atom is 0.152 e. The molecule has 0 bridgehead atoms. The number of hydrogen-bond donors (Lipinski definition) is 1. The third-order valence-corrected chi connectivity index (χ3v) is 4.65. The van der Waals surface area contributed by atoms with Crippen molar-refractivity contribution in [1.82, 2.24) is 4.98 Å². The number of nitrogens with zero attached hydrogens (tertiary/aromatic N) is 1.